The number of carbonyl (C=O) groups excluding carboxylic acids is 1. The average molecular weight is 232 g/mol. The van der Waals surface area contributed by atoms with Crippen LogP contribution in [-0.4, -0.2) is 22.6 Å². The van der Waals surface area contributed by atoms with Gasteiger partial charge < -0.3 is 15.0 Å². The van der Waals surface area contributed by atoms with Crippen molar-refractivity contribution in [3.8, 4) is 0 Å². The molecule has 0 aliphatic heterocycles. The largest absolute Gasteiger partial charge is 0.392 e. The molecule has 0 radical (unpaired) electrons. The summed E-state index contributed by atoms with van der Waals surface area (Å²) in [6, 6.07) is 7.89. The van der Waals surface area contributed by atoms with Gasteiger partial charge in [-0.15, -0.1) is 0 Å². The first kappa shape index (κ1) is 11.7. The van der Waals surface area contributed by atoms with Gasteiger partial charge in [-0.3, -0.25) is 4.79 Å². The van der Waals surface area contributed by atoms with E-state index in [0.717, 1.165) is 16.5 Å². The molecule has 0 unspecified atom stereocenters. The van der Waals surface area contributed by atoms with Crippen molar-refractivity contribution in [2.45, 2.75) is 19.6 Å². The number of aliphatic hydroxyl groups is 1. The molecule has 0 aliphatic rings. The fraction of sp³-hybridized carbons (Fsp3) is 0.308. The van der Waals surface area contributed by atoms with Crippen molar-refractivity contribution >= 4 is 16.8 Å². The van der Waals surface area contributed by atoms with E-state index in [1.54, 1.807) is 7.05 Å². The molecule has 0 aliphatic carbocycles. The lowest BCUT2D eigenvalue weighted by atomic mass is 10.2. The van der Waals surface area contributed by atoms with Gasteiger partial charge in [0.15, 0.2) is 0 Å². The number of aromatic nitrogens is 1. The van der Waals surface area contributed by atoms with Gasteiger partial charge >= 0.3 is 0 Å². The first-order valence-electron chi connectivity index (χ1n) is 5.64. The Labute approximate surface area is 99.9 Å². The van der Waals surface area contributed by atoms with Crippen LogP contribution in [0.5, 0.6) is 0 Å². The summed E-state index contributed by atoms with van der Waals surface area (Å²) in [7, 11) is 1.63. The van der Waals surface area contributed by atoms with Crippen LogP contribution in [0.15, 0.2) is 30.5 Å². The van der Waals surface area contributed by atoms with E-state index in [1.165, 1.54) is 0 Å². The highest BCUT2D eigenvalue weighted by molar-refractivity contribution is 5.84. The van der Waals surface area contributed by atoms with Crippen LogP contribution in [0.1, 0.15) is 12.0 Å². The second kappa shape index (κ2) is 5.01. The highest BCUT2D eigenvalue weighted by atomic mass is 16.3. The molecular weight excluding hydrogens is 216 g/mol. The minimum atomic E-state index is 0.0213. The van der Waals surface area contributed by atoms with Gasteiger partial charge in [0.1, 0.15) is 0 Å². The Hall–Kier alpha value is -1.81. The molecule has 1 aromatic carbocycles. The highest BCUT2D eigenvalue weighted by Gasteiger charge is 2.07. The number of nitrogens with zero attached hydrogens (tertiary/aromatic N) is 1. The zero-order valence-electron chi connectivity index (χ0n) is 9.81. The summed E-state index contributed by atoms with van der Waals surface area (Å²) in [4.78, 5) is 11.2. The molecule has 4 nitrogen and oxygen atoms in total. The molecule has 0 atom stereocenters. The standard InChI is InChI=1S/C13H16N2O2/c1-14-13(17)6-7-15-8-10(9-16)11-4-2-3-5-12(11)15/h2-5,8,16H,6-7,9H2,1H3,(H,14,17). The molecule has 90 valence electrons. The maximum Gasteiger partial charge on any atom is 0.221 e. The number of rotatable bonds is 4. The molecule has 0 saturated carbocycles. The SMILES string of the molecule is CNC(=O)CCn1cc(CO)c2ccccc21. The number of hydrogen-bond donors (Lipinski definition) is 2. The second-order valence-corrected chi connectivity index (χ2v) is 3.95. The average Bonchev–Trinajstić information content (AvgIpc) is 2.74. The number of amides is 1. The Morgan fingerprint density at radius 3 is 2.88 bits per heavy atom. The van der Waals surface area contributed by atoms with E-state index in [0.29, 0.717) is 13.0 Å². The Kier molecular flexibility index (Phi) is 3.44. The maximum atomic E-state index is 11.2. The van der Waals surface area contributed by atoms with E-state index in [9.17, 15) is 9.90 Å². The molecule has 0 bridgehead atoms. The first-order valence-corrected chi connectivity index (χ1v) is 5.64. The molecule has 1 heterocycles. The van der Waals surface area contributed by atoms with Crippen LogP contribution in [0, 0.1) is 0 Å². The third kappa shape index (κ3) is 2.31. The number of hydrogen-bond acceptors (Lipinski definition) is 2. The lowest BCUT2D eigenvalue weighted by Crippen LogP contribution is -2.19. The summed E-state index contributed by atoms with van der Waals surface area (Å²) in [6.07, 6.45) is 2.35. The lowest BCUT2D eigenvalue weighted by Gasteiger charge is -2.04. The predicted octanol–water partition coefficient (Wildman–Crippen LogP) is 1.27. The van der Waals surface area contributed by atoms with Crippen molar-refractivity contribution < 1.29 is 9.90 Å². The quantitative estimate of drug-likeness (QED) is 0.834. The van der Waals surface area contributed by atoms with Gasteiger partial charge in [0.25, 0.3) is 0 Å². The van der Waals surface area contributed by atoms with Crippen molar-refractivity contribution in [3.63, 3.8) is 0 Å². The molecule has 1 amide bonds. The Bertz CT molecular complexity index is 531. The molecule has 4 heteroatoms. The molecule has 1 aromatic heterocycles. The number of para-hydroxylation sites is 1. The van der Waals surface area contributed by atoms with E-state index in [2.05, 4.69) is 5.32 Å². The molecule has 17 heavy (non-hydrogen) atoms. The summed E-state index contributed by atoms with van der Waals surface area (Å²) in [6.45, 7) is 0.647. The first-order chi connectivity index (χ1) is 8.26. The molecule has 2 rings (SSSR count). The van der Waals surface area contributed by atoms with Crippen LogP contribution in [-0.2, 0) is 17.9 Å². The normalized spacial score (nSPS) is 10.7. The topological polar surface area (TPSA) is 54.3 Å². The lowest BCUT2D eigenvalue weighted by molar-refractivity contribution is -0.120. The number of aryl methyl sites for hydroxylation is 1. The van der Waals surface area contributed by atoms with Gasteiger partial charge in [0, 0.05) is 42.7 Å². The van der Waals surface area contributed by atoms with Gasteiger partial charge in [-0.05, 0) is 6.07 Å². The Morgan fingerprint density at radius 1 is 1.41 bits per heavy atom. The zero-order valence-corrected chi connectivity index (χ0v) is 9.81. The van der Waals surface area contributed by atoms with Gasteiger partial charge in [-0.2, -0.15) is 0 Å². The number of fused-ring (bicyclic) bond motifs is 1. The summed E-state index contributed by atoms with van der Waals surface area (Å²) < 4.78 is 2.01. The van der Waals surface area contributed by atoms with E-state index in [-0.39, 0.29) is 12.5 Å². The third-order valence-electron chi connectivity index (χ3n) is 2.90. The van der Waals surface area contributed by atoms with Crippen molar-refractivity contribution in [2.24, 2.45) is 0 Å². The molecule has 2 N–H and O–H groups in total. The second-order valence-electron chi connectivity index (χ2n) is 3.95. The zero-order chi connectivity index (χ0) is 12.3. The Balaban J connectivity index is 2.31. The third-order valence-corrected chi connectivity index (χ3v) is 2.90. The summed E-state index contributed by atoms with van der Waals surface area (Å²) >= 11 is 0. The summed E-state index contributed by atoms with van der Waals surface area (Å²) in [5, 5.41) is 12.9. The van der Waals surface area contributed by atoms with Gasteiger partial charge in [-0.1, -0.05) is 18.2 Å². The van der Waals surface area contributed by atoms with Crippen molar-refractivity contribution in [2.75, 3.05) is 7.05 Å². The highest BCUT2D eigenvalue weighted by Crippen LogP contribution is 2.21. The van der Waals surface area contributed by atoms with Crippen molar-refractivity contribution in [3.05, 3.63) is 36.0 Å². The van der Waals surface area contributed by atoms with Crippen LogP contribution >= 0.6 is 0 Å². The van der Waals surface area contributed by atoms with Gasteiger partial charge in [0.05, 0.1) is 6.61 Å². The van der Waals surface area contributed by atoms with Crippen LogP contribution in [0.2, 0.25) is 0 Å². The van der Waals surface area contributed by atoms with E-state index >= 15 is 0 Å². The van der Waals surface area contributed by atoms with E-state index in [1.807, 2.05) is 35.0 Å². The van der Waals surface area contributed by atoms with E-state index in [4.69, 9.17) is 0 Å². The maximum absolute atomic E-state index is 11.2. The fourth-order valence-corrected chi connectivity index (χ4v) is 1.98. The smallest absolute Gasteiger partial charge is 0.221 e. The molecule has 0 fully saturated rings. The molecular formula is C13H16N2O2. The summed E-state index contributed by atoms with van der Waals surface area (Å²) in [5.74, 6) is 0.0216. The molecule has 0 saturated heterocycles. The molecule has 0 spiro atoms. The van der Waals surface area contributed by atoms with Crippen molar-refractivity contribution in [1.29, 1.82) is 0 Å². The number of carbonyl (C=O) groups is 1. The van der Waals surface area contributed by atoms with Crippen LogP contribution in [0.25, 0.3) is 10.9 Å². The van der Waals surface area contributed by atoms with Crippen molar-refractivity contribution in [1.82, 2.24) is 9.88 Å². The van der Waals surface area contributed by atoms with Crippen LogP contribution in [0.3, 0.4) is 0 Å². The van der Waals surface area contributed by atoms with Crippen LogP contribution in [0.4, 0.5) is 0 Å². The fourth-order valence-electron chi connectivity index (χ4n) is 1.98. The number of benzene rings is 1. The number of aliphatic hydroxyl groups excluding tert-OH is 1. The van der Waals surface area contributed by atoms with Crippen LogP contribution < -0.4 is 5.32 Å². The summed E-state index contributed by atoms with van der Waals surface area (Å²) in [5.41, 5.74) is 1.96. The van der Waals surface area contributed by atoms with E-state index < -0.39 is 0 Å². The predicted molar refractivity (Wildman–Crippen MR) is 66.5 cm³/mol. The Morgan fingerprint density at radius 2 is 2.18 bits per heavy atom. The molecule has 2 aromatic rings. The number of nitrogens with one attached hydrogen (secondary N) is 1. The minimum absolute atomic E-state index is 0.0213. The van der Waals surface area contributed by atoms with Gasteiger partial charge in [-0.25, -0.2) is 0 Å². The monoisotopic (exact) mass is 232 g/mol. The van der Waals surface area contributed by atoms with Gasteiger partial charge in [0.2, 0.25) is 5.91 Å². The minimum Gasteiger partial charge on any atom is -0.392 e.